The Morgan fingerprint density at radius 3 is 2.58 bits per heavy atom. The first kappa shape index (κ1) is 22.6. The first-order valence-electron chi connectivity index (χ1n) is 10.5. The minimum Gasteiger partial charge on any atom is -0.497 e. The number of hydrogen-bond donors (Lipinski definition) is 1. The third-order valence-electron chi connectivity index (χ3n) is 5.72. The zero-order valence-corrected chi connectivity index (χ0v) is 18.2. The molecule has 0 aromatic heterocycles. The van der Waals surface area contributed by atoms with Crippen molar-refractivity contribution in [2.45, 2.75) is 25.7 Å². The second kappa shape index (κ2) is 10.3. The maximum Gasteiger partial charge on any atom is 0.256 e. The van der Waals surface area contributed by atoms with Gasteiger partial charge >= 0.3 is 0 Å². The lowest BCUT2D eigenvalue weighted by Crippen LogP contribution is -2.36. The first-order valence-corrected chi connectivity index (χ1v) is 10.5. The lowest BCUT2D eigenvalue weighted by Gasteiger charge is -2.21. The van der Waals surface area contributed by atoms with Gasteiger partial charge in [-0.3, -0.25) is 9.59 Å². The van der Waals surface area contributed by atoms with Gasteiger partial charge in [-0.2, -0.15) is 0 Å². The fourth-order valence-electron chi connectivity index (χ4n) is 4.00. The number of benzene rings is 2. The summed E-state index contributed by atoms with van der Waals surface area (Å²) < 4.78 is 25.0. The van der Waals surface area contributed by atoms with Gasteiger partial charge in [-0.05, 0) is 24.6 Å². The molecule has 2 aromatic rings. The van der Waals surface area contributed by atoms with Crippen LogP contribution in [0.1, 0.15) is 41.6 Å². The Morgan fingerprint density at radius 2 is 1.90 bits per heavy atom. The molecule has 1 aliphatic rings. The van der Waals surface area contributed by atoms with E-state index in [4.69, 9.17) is 9.47 Å². The highest BCUT2D eigenvalue weighted by molar-refractivity contribution is 5.95. The van der Waals surface area contributed by atoms with Gasteiger partial charge in [0.05, 0.1) is 25.7 Å². The molecule has 31 heavy (non-hydrogen) atoms. The summed E-state index contributed by atoms with van der Waals surface area (Å²) in [5.74, 6) is -0.604. The molecule has 0 unspecified atom stereocenters. The number of hydrogen-bond acceptors (Lipinski definition) is 4. The molecule has 0 spiro atoms. The molecule has 1 heterocycles. The number of ether oxygens (including phenoxy) is 2. The highest BCUT2D eigenvalue weighted by Crippen LogP contribution is 2.39. The first-order chi connectivity index (χ1) is 15.0. The van der Waals surface area contributed by atoms with Crippen molar-refractivity contribution in [3.63, 3.8) is 0 Å². The molecular formula is C24H29FN2O4. The Hall–Kier alpha value is -3.09. The fourth-order valence-corrected chi connectivity index (χ4v) is 4.00. The Kier molecular flexibility index (Phi) is 7.50. The molecule has 1 saturated heterocycles. The van der Waals surface area contributed by atoms with Crippen LogP contribution in [-0.2, 0) is 4.79 Å². The molecule has 1 fully saturated rings. The third kappa shape index (κ3) is 4.98. The predicted molar refractivity (Wildman–Crippen MR) is 116 cm³/mol. The van der Waals surface area contributed by atoms with E-state index >= 15 is 0 Å². The van der Waals surface area contributed by atoms with Gasteiger partial charge in [0.2, 0.25) is 5.91 Å². The summed E-state index contributed by atoms with van der Waals surface area (Å²) in [6.07, 6.45) is 1.85. The lowest BCUT2D eigenvalue weighted by molar-refractivity contribution is -0.124. The van der Waals surface area contributed by atoms with E-state index in [1.165, 1.54) is 12.1 Å². The minimum absolute atomic E-state index is 0.00925. The Balaban J connectivity index is 1.92. The lowest BCUT2D eigenvalue weighted by atomic mass is 9.87. The molecule has 166 valence electrons. The molecule has 2 amide bonds. The van der Waals surface area contributed by atoms with E-state index in [1.807, 2.05) is 12.1 Å². The van der Waals surface area contributed by atoms with Crippen LogP contribution >= 0.6 is 0 Å². The van der Waals surface area contributed by atoms with Crippen LogP contribution in [0.2, 0.25) is 0 Å². The van der Waals surface area contributed by atoms with Crippen molar-refractivity contribution in [1.82, 2.24) is 10.2 Å². The third-order valence-corrected chi connectivity index (χ3v) is 5.72. The van der Waals surface area contributed by atoms with Gasteiger partial charge < -0.3 is 19.7 Å². The summed E-state index contributed by atoms with van der Waals surface area (Å²) in [5.41, 5.74) is 0.831. The zero-order chi connectivity index (χ0) is 22.4. The molecule has 1 aliphatic heterocycles. The van der Waals surface area contributed by atoms with E-state index in [1.54, 1.807) is 37.3 Å². The molecule has 6 nitrogen and oxygen atoms in total. The summed E-state index contributed by atoms with van der Waals surface area (Å²) in [4.78, 5) is 27.6. The predicted octanol–water partition coefficient (Wildman–Crippen LogP) is 3.62. The largest absolute Gasteiger partial charge is 0.497 e. The van der Waals surface area contributed by atoms with Crippen molar-refractivity contribution >= 4 is 11.8 Å². The molecule has 0 saturated carbocycles. The number of carbonyl (C=O) groups is 2. The topological polar surface area (TPSA) is 67.9 Å². The Morgan fingerprint density at radius 1 is 1.13 bits per heavy atom. The molecule has 0 aliphatic carbocycles. The number of unbranched alkanes of at least 4 members (excludes halogenated alkanes) is 1. The van der Waals surface area contributed by atoms with Crippen LogP contribution in [0.5, 0.6) is 11.5 Å². The average Bonchev–Trinajstić information content (AvgIpc) is 3.24. The van der Waals surface area contributed by atoms with Gasteiger partial charge in [0.1, 0.15) is 17.3 Å². The second-order valence-corrected chi connectivity index (χ2v) is 7.66. The van der Waals surface area contributed by atoms with Gasteiger partial charge in [0.25, 0.3) is 5.91 Å². The molecule has 0 bridgehead atoms. The molecular weight excluding hydrogens is 399 g/mol. The Bertz CT molecular complexity index is 934. The maximum absolute atomic E-state index is 14.2. The number of methoxy groups -OCH3 is 2. The summed E-state index contributed by atoms with van der Waals surface area (Å²) in [7, 11) is 3.13. The summed E-state index contributed by atoms with van der Waals surface area (Å²) in [5, 5.41) is 2.98. The van der Waals surface area contributed by atoms with Crippen LogP contribution in [0, 0.1) is 11.7 Å². The number of likely N-dealkylation sites (tertiary alicyclic amines) is 1. The van der Waals surface area contributed by atoms with Crippen LogP contribution in [0.3, 0.4) is 0 Å². The molecule has 7 heteroatoms. The number of rotatable bonds is 8. The normalized spacial score (nSPS) is 18.0. The summed E-state index contributed by atoms with van der Waals surface area (Å²) >= 11 is 0. The van der Waals surface area contributed by atoms with E-state index < -0.39 is 17.6 Å². The van der Waals surface area contributed by atoms with Crippen LogP contribution in [0.4, 0.5) is 4.39 Å². The van der Waals surface area contributed by atoms with Crippen molar-refractivity contribution < 1.29 is 23.5 Å². The van der Waals surface area contributed by atoms with Crippen molar-refractivity contribution in [2.24, 2.45) is 5.92 Å². The van der Waals surface area contributed by atoms with Crippen molar-refractivity contribution in [3.05, 3.63) is 59.4 Å². The molecule has 3 rings (SSSR count). The standard InChI is InChI=1S/C24H29FN2O4/c1-4-5-12-26-23(28)20-15-27(24(29)18-8-6-7-9-21(18)25)14-19(20)17-11-10-16(30-2)13-22(17)31-3/h6-11,13,19-20H,4-5,12,14-15H2,1-3H3,(H,26,28)/t19-,20-/m1/s1. The van der Waals surface area contributed by atoms with Gasteiger partial charge in [0.15, 0.2) is 0 Å². The van der Waals surface area contributed by atoms with Crippen LogP contribution in [0.15, 0.2) is 42.5 Å². The van der Waals surface area contributed by atoms with E-state index in [9.17, 15) is 14.0 Å². The molecule has 1 N–H and O–H groups in total. The second-order valence-electron chi connectivity index (χ2n) is 7.66. The number of nitrogens with one attached hydrogen (secondary N) is 1. The number of halogens is 1. The monoisotopic (exact) mass is 428 g/mol. The van der Waals surface area contributed by atoms with E-state index in [-0.39, 0.29) is 23.9 Å². The molecule has 2 atom stereocenters. The minimum atomic E-state index is -0.568. The number of carbonyl (C=O) groups excluding carboxylic acids is 2. The number of amides is 2. The summed E-state index contributed by atoms with van der Waals surface area (Å²) in [6.45, 7) is 3.15. The van der Waals surface area contributed by atoms with Gasteiger partial charge in [-0.25, -0.2) is 4.39 Å². The molecule has 2 aromatic carbocycles. The van der Waals surface area contributed by atoms with Crippen LogP contribution in [-0.4, -0.2) is 50.6 Å². The SMILES string of the molecule is CCCCNC(=O)[C@@H]1CN(C(=O)c2ccccc2F)C[C@@H]1c1ccc(OC)cc1OC. The smallest absolute Gasteiger partial charge is 0.256 e. The van der Waals surface area contributed by atoms with E-state index in [2.05, 4.69) is 12.2 Å². The van der Waals surface area contributed by atoms with Crippen LogP contribution in [0.25, 0.3) is 0 Å². The number of nitrogens with zero attached hydrogens (tertiary/aromatic N) is 1. The quantitative estimate of drug-likeness (QED) is 0.652. The van der Waals surface area contributed by atoms with Crippen molar-refractivity contribution in [3.8, 4) is 11.5 Å². The van der Waals surface area contributed by atoms with Crippen molar-refractivity contribution in [2.75, 3.05) is 33.9 Å². The van der Waals surface area contributed by atoms with E-state index in [0.29, 0.717) is 24.6 Å². The highest BCUT2D eigenvalue weighted by atomic mass is 19.1. The fraction of sp³-hybridized carbons (Fsp3) is 0.417. The zero-order valence-electron chi connectivity index (χ0n) is 18.2. The van der Waals surface area contributed by atoms with Crippen molar-refractivity contribution in [1.29, 1.82) is 0 Å². The van der Waals surface area contributed by atoms with Gasteiger partial charge in [-0.1, -0.05) is 31.5 Å². The summed E-state index contributed by atoms with van der Waals surface area (Å²) in [6, 6.07) is 11.4. The van der Waals surface area contributed by atoms with E-state index in [0.717, 1.165) is 18.4 Å². The highest BCUT2D eigenvalue weighted by Gasteiger charge is 2.42. The average molecular weight is 429 g/mol. The van der Waals surface area contributed by atoms with Crippen LogP contribution < -0.4 is 14.8 Å². The van der Waals surface area contributed by atoms with Gasteiger partial charge in [0, 0.05) is 37.2 Å². The maximum atomic E-state index is 14.2. The molecule has 0 radical (unpaired) electrons. The Labute approximate surface area is 182 Å². The van der Waals surface area contributed by atoms with Gasteiger partial charge in [-0.15, -0.1) is 0 Å².